The van der Waals surface area contributed by atoms with E-state index in [9.17, 15) is 19.2 Å². The quantitative estimate of drug-likeness (QED) is 0.289. The number of nitrogens with zero attached hydrogens (tertiary/aromatic N) is 4. The Bertz CT molecular complexity index is 1610. The van der Waals surface area contributed by atoms with Gasteiger partial charge in [0.2, 0.25) is 0 Å². The summed E-state index contributed by atoms with van der Waals surface area (Å²) in [7, 11) is 1.56. The van der Waals surface area contributed by atoms with Gasteiger partial charge in [-0.2, -0.15) is 10.1 Å². The van der Waals surface area contributed by atoms with Crippen LogP contribution in [-0.4, -0.2) is 58.5 Å². The molecule has 4 rings (SSSR count). The van der Waals surface area contributed by atoms with Crippen LogP contribution in [0.15, 0.2) is 78.0 Å². The SMILES string of the molecule is CN(C(=O)OC(C)(C)C)c1cccc(NC(=O)NC(CC(=O)C(C)(C)C)N2N=C(c3ccccn3)c3ccccc3NC2=O)c1. The van der Waals surface area contributed by atoms with Crippen molar-refractivity contribution in [1.82, 2.24) is 15.3 Å². The fraction of sp³-hybridized carbons (Fsp3) is 0.333. The number of pyridine rings is 1. The first-order valence-electron chi connectivity index (χ1n) is 14.5. The summed E-state index contributed by atoms with van der Waals surface area (Å²) < 4.78 is 5.44. The van der Waals surface area contributed by atoms with Gasteiger partial charge in [-0.05, 0) is 57.2 Å². The van der Waals surface area contributed by atoms with Gasteiger partial charge in [0.25, 0.3) is 0 Å². The molecule has 1 aliphatic rings. The number of hydrogen-bond acceptors (Lipinski definition) is 7. The number of para-hydroxylation sites is 1. The van der Waals surface area contributed by atoms with E-state index in [2.05, 4.69) is 26.0 Å². The Labute approximate surface area is 262 Å². The van der Waals surface area contributed by atoms with Gasteiger partial charge >= 0.3 is 18.2 Å². The molecule has 0 fully saturated rings. The number of fused-ring (bicyclic) bond motifs is 1. The van der Waals surface area contributed by atoms with Crippen LogP contribution in [0.5, 0.6) is 0 Å². The molecule has 1 aliphatic heterocycles. The molecule has 3 aromatic rings. The predicted octanol–water partition coefficient (Wildman–Crippen LogP) is 6.21. The average molecular weight is 614 g/mol. The number of nitrogens with one attached hydrogen (secondary N) is 3. The minimum atomic E-state index is -1.17. The number of anilines is 3. The van der Waals surface area contributed by atoms with E-state index < -0.39 is 35.3 Å². The van der Waals surface area contributed by atoms with Crippen molar-refractivity contribution in [3.8, 4) is 0 Å². The molecule has 0 bridgehead atoms. The second-order valence-electron chi connectivity index (χ2n) is 12.6. The molecule has 0 radical (unpaired) electrons. The smallest absolute Gasteiger partial charge is 0.414 e. The monoisotopic (exact) mass is 613 g/mol. The molecular weight excluding hydrogens is 574 g/mol. The molecule has 1 aromatic heterocycles. The molecule has 12 nitrogen and oxygen atoms in total. The number of rotatable bonds is 7. The van der Waals surface area contributed by atoms with Crippen LogP contribution < -0.4 is 20.9 Å². The van der Waals surface area contributed by atoms with E-state index in [1.54, 1.807) is 109 Å². The number of urea groups is 2. The largest absolute Gasteiger partial charge is 0.443 e. The Hall–Kier alpha value is -5.26. The van der Waals surface area contributed by atoms with Crippen molar-refractivity contribution in [2.24, 2.45) is 10.5 Å². The van der Waals surface area contributed by atoms with Gasteiger partial charge in [0, 0.05) is 42.0 Å². The molecular formula is C33H39N7O5. The number of carbonyl (C=O) groups excluding carboxylic acids is 4. The van der Waals surface area contributed by atoms with Crippen LogP contribution in [0, 0.1) is 5.41 Å². The van der Waals surface area contributed by atoms with Crippen molar-refractivity contribution in [3.63, 3.8) is 0 Å². The summed E-state index contributed by atoms with van der Waals surface area (Å²) in [5, 5.41) is 14.1. The van der Waals surface area contributed by atoms with E-state index in [1.807, 2.05) is 12.1 Å². The van der Waals surface area contributed by atoms with E-state index in [0.29, 0.717) is 34.0 Å². The molecule has 3 N–H and O–H groups in total. The van der Waals surface area contributed by atoms with E-state index >= 15 is 0 Å². The summed E-state index contributed by atoms with van der Waals surface area (Å²) in [5.74, 6) is -0.196. The molecule has 5 amide bonds. The minimum Gasteiger partial charge on any atom is -0.443 e. The van der Waals surface area contributed by atoms with Crippen LogP contribution in [0.1, 0.15) is 59.2 Å². The van der Waals surface area contributed by atoms with Gasteiger partial charge in [0.1, 0.15) is 23.3 Å². The summed E-state index contributed by atoms with van der Waals surface area (Å²) in [5.41, 5.74) is 1.44. The van der Waals surface area contributed by atoms with Gasteiger partial charge in [-0.3, -0.25) is 14.7 Å². The van der Waals surface area contributed by atoms with E-state index in [1.165, 1.54) is 4.90 Å². The zero-order valence-electron chi connectivity index (χ0n) is 26.5. The van der Waals surface area contributed by atoms with E-state index in [-0.39, 0.29) is 12.2 Å². The first-order valence-corrected chi connectivity index (χ1v) is 14.5. The lowest BCUT2D eigenvalue weighted by Crippen LogP contribution is -2.52. The summed E-state index contributed by atoms with van der Waals surface area (Å²) in [4.78, 5) is 58.6. The number of Topliss-reactive ketones (excluding diaryl/α,β-unsaturated/α-hetero) is 1. The van der Waals surface area contributed by atoms with Crippen LogP contribution in [0.3, 0.4) is 0 Å². The third kappa shape index (κ3) is 8.43. The minimum absolute atomic E-state index is 0.196. The second-order valence-corrected chi connectivity index (χ2v) is 12.6. The number of ether oxygens (including phenoxy) is 1. The van der Waals surface area contributed by atoms with Gasteiger partial charge < -0.3 is 20.7 Å². The van der Waals surface area contributed by atoms with Crippen LogP contribution in [0.25, 0.3) is 0 Å². The number of ketones is 1. The maximum atomic E-state index is 13.6. The van der Waals surface area contributed by atoms with Gasteiger partial charge in [0.15, 0.2) is 0 Å². The lowest BCUT2D eigenvalue weighted by atomic mass is 9.88. The zero-order valence-corrected chi connectivity index (χ0v) is 26.5. The predicted molar refractivity (Wildman–Crippen MR) is 173 cm³/mol. The fourth-order valence-electron chi connectivity index (χ4n) is 4.31. The summed E-state index contributed by atoms with van der Waals surface area (Å²) in [6.45, 7) is 10.6. The van der Waals surface area contributed by atoms with E-state index in [4.69, 9.17) is 4.74 Å². The molecule has 0 saturated carbocycles. The van der Waals surface area contributed by atoms with Crippen molar-refractivity contribution in [2.75, 3.05) is 22.6 Å². The molecule has 45 heavy (non-hydrogen) atoms. The Morgan fingerprint density at radius 1 is 0.978 bits per heavy atom. The summed E-state index contributed by atoms with van der Waals surface area (Å²) in [6.07, 6.45) is -0.329. The van der Waals surface area contributed by atoms with Crippen LogP contribution in [0.4, 0.5) is 31.4 Å². The molecule has 1 atom stereocenters. The third-order valence-corrected chi connectivity index (χ3v) is 6.71. The van der Waals surface area contributed by atoms with Crippen molar-refractivity contribution in [3.05, 3.63) is 84.2 Å². The number of hydrogen-bond donors (Lipinski definition) is 3. The average Bonchev–Trinajstić information content (AvgIpc) is 3.11. The molecule has 12 heteroatoms. The van der Waals surface area contributed by atoms with Crippen molar-refractivity contribution in [1.29, 1.82) is 0 Å². The van der Waals surface area contributed by atoms with Gasteiger partial charge in [0.05, 0.1) is 11.4 Å². The van der Waals surface area contributed by atoms with Crippen LogP contribution >= 0.6 is 0 Å². The molecule has 0 spiro atoms. The maximum Gasteiger partial charge on any atom is 0.414 e. The number of benzene rings is 2. The molecule has 2 heterocycles. The van der Waals surface area contributed by atoms with Crippen molar-refractivity contribution < 1.29 is 23.9 Å². The normalized spacial score (nSPS) is 13.8. The molecule has 1 unspecified atom stereocenters. The Balaban J connectivity index is 1.65. The van der Waals surface area contributed by atoms with E-state index in [0.717, 1.165) is 5.01 Å². The first kappa shape index (κ1) is 32.6. The fourth-order valence-corrected chi connectivity index (χ4v) is 4.31. The number of aromatic nitrogens is 1. The van der Waals surface area contributed by atoms with Gasteiger partial charge in [-0.15, -0.1) is 0 Å². The third-order valence-electron chi connectivity index (χ3n) is 6.71. The lowest BCUT2D eigenvalue weighted by molar-refractivity contribution is -0.127. The molecule has 236 valence electrons. The number of carbonyl (C=O) groups is 4. The Morgan fingerprint density at radius 2 is 1.69 bits per heavy atom. The summed E-state index contributed by atoms with van der Waals surface area (Å²) >= 11 is 0. The lowest BCUT2D eigenvalue weighted by Gasteiger charge is -2.29. The standard InChI is InChI=1S/C33H39N7O5/c1-32(2,3)26(41)20-27(37-29(42)35-21-13-12-14-22(19-21)39(7)31(44)45-33(4,5)6)40-30(43)36-24-16-9-8-15-23(24)28(38-40)25-17-10-11-18-34-25/h8-19,27H,20H2,1-7H3,(H,36,43)(H2,35,37,42). The van der Waals surface area contributed by atoms with Crippen molar-refractivity contribution >= 4 is 46.7 Å². The van der Waals surface area contributed by atoms with Crippen LogP contribution in [0.2, 0.25) is 0 Å². The van der Waals surface area contributed by atoms with Crippen molar-refractivity contribution in [2.45, 2.75) is 59.7 Å². The van der Waals surface area contributed by atoms with Crippen LogP contribution in [-0.2, 0) is 9.53 Å². The highest BCUT2D eigenvalue weighted by Crippen LogP contribution is 2.26. The summed E-state index contributed by atoms with van der Waals surface area (Å²) in [6, 6.07) is 17.8. The highest BCUT2D eigenvalue weighted by molar-refractivity contribution is 6.17. The second kappa shape index (κ2) is 13.2. The zero-order chi connectivity index (χ0) is 32.9. The number of hydrazone groups is 1. The maximum absolute atomic E-state index is 13.6. The topological polar surface area (TPSA) is 145 Å². The molecule has 0 saturated heterocycles. The first-order chi connectivity index (χ1) is 21.1. The number of amides is 5. The highest BCUT2D eigenvalue weighted by atomic mass is 16.6. The van der Waals surface area contributed by atoms with Gasteiger partial charge in [-0.25, -0.2) is 14.4 Å². The highest BCUT2D eigenvalue weighted by Gasteiger charge is 2.34. The molecule has 0 aliphatic carbocycles. The van der Waals surface area contributed by atoms with Gasteiger partial charge in [-0.1, -0.05) is 51.1 Å². The Kier molecular flexibility index (Phi) is 9.55. The Morgan fingerprint density at radius 3 is 2.36 bits per heavy atom. The molecule has 2 aromatic carbocycles.